The van der Waals surface area contributed by atoms with Crippen molar-refractivity contribution < 1.29 is 4.79 Å². The summed E-state index contributed by atoms with van der Waals surface area (Å²) < 4.78 is 1.04. The molecule has 0 aliphatic carbocycles. The number of carbonyl (C=O) groups is 1. The molecule has 0 atom stereocenters. The molecule has 0 bridgehead atoms. The minimum absolute atomic E-state index is 0.306. The van der Waals surface area contributed by atoms with Crippen molar-refractivity contribution in [3.8, 4) is 10.6 Å². The van der Waals surface area contributed by atoms with E-state index in [1.165, 1.54) is 6.92 Å². The van der Waals surface area contributed by atoms with Crippen LogP contribution in [0.2, 0.25) is 0 Å². The van der Waals surface area contributed by atoms with Crippen molar-refractivity contribution in [1.29, 1.82) is 0 Å². The quantitative estimate of drug-likeness (QED) is 0.734. The summed E-state index contributed by atoms with van der Waals surface area (Å²) in [6.45, 7) is 1.34. The predicted octanol–water partition coefficient (Wildman–Crippen LogP) is 1.63. The summed E-state index contributed by atoms with van der Waals surface area (Å²) in [5, 5.41) is 0.566. The van der Waals surface area contributed by atoms with Gasteiger partial charge in [0.25, 0.3) is 0 Å². The van der Waals surface area contributed by atoms with E-state index >= 15 is 0 Å². The molecule has 76 valence electrons. The summed E-state index contributed by atoms with van der Waals surface area (Å²) in [5.74, 6) is -0.306. The summed E-state index contributed by atoms with van der Waals surface area (Å²) >= 11 is 1.06. The highest BCUT2D eigenvalue weighted by Crippen LogP contribution is 2.19. The van der Waals surface area contributed by atoms with Crippen LogP contribution in [0.4, 0.5) is 0 Å². The van der Waals surface area contributed by atoms with Crippen LogP contribution in [0.1, 0.15) is 11.7 Å². The molecule has 0 radical (unpaired) electrons. The largest absolute Gasteiger partial charge is 0.365 e. The van der Waals surface area contributed by atoms with Gasteiger partial charge in [-0.3, -0.25) is 4.79 Å². The van der Waals surface area contributed by atoms with Gasteiger partial charge in [0.15, 0.2) is 0 Å². The number of rotatable bonds is 1. The second kappa shape index (κ2) is 3.78. The van der Waals surface area contributed by atoms with E-state index in [4.69, 9.17) is 0 Å². The first-order valence-corrected chi connectivity index (χ1v) is 5.12. The first kappa shape index (κ1) is 9.79. The first-order chi connectivity index (χ1) is 7.18. The predicted molar refractivity (Wildman–Crippen MR) is 58.1 cm³/mol. The molecule has 5 heteroatoms. The highest BCUT2D eigenvalue weighted by atomic mass is 32.1. The lowest BCUT2D eigenvalue weighted by Gasteiger charge is -1.92. The smallest absolute Gasteiger partial charge is 0.273 e. The van der Waals surface area contributed by atoms with Gasteiger partial charge in [-0.2, -0.15) is 8.94 Å². The van der Waals surface area contributed by atoms with Gasteiger partial charge in [0.1, 0.15) is 5.01 Å². The first-order valence-electron chi connectivity index (χ1n) is 4.35. The fraction of sp³-hybridized carbons (Fsp3) is 0.100. The molecule has 0 N–H and O–H groups in total. The summed E-state index contributed by atoms with van der Waals surface area (Å²) in [4.78, 5) is 26.1. The Bertz CT molecular complexity index is 542. The lowest BCUT2D eigenvalue weighted by Crippen LogP contribution is -2.19. The number of aromatic nitrogens is 2. The number of carbonyl (C=O) groups excluding carboxylic acids is 1. The molecule has 0 spiro atoms. The average Bonchev–Trinajstić information content (AvgIpc) is 2.62. The molecular weight excluding hydrogens is 212 g/mol. The van der Waals surface area contributed by atoms with Crippen molar-refractivity contribution in [2.24, 2.45) is 0 Å². The van der Waals surface area contributed by atoms with Crippen LogP contribution in [0.15, 0.2) is 35.1 Å². The Morgan fingerprint density at radius 2 is 2.00 bits per heavy atom. The highest BCUT2D eigenvalue weighted by molar-refractivity contribution is 7.10. The number of hydrogen-bond donors (Lipinski definition) is 0. The highest BCUT2D eigenvalue weighted by Gasteiger charge is 2.10. The zero-order chi connectivity index (χ0) is 10.8. The van der Waals surface area contributed by atoms with Gasteiger partial charge in [0, 0.05) is 12.5 Å². The summed E-state index contributed by atoms with van der Waals surface area (Å²) in [7, 11) is 0. The third kappa shape index (κ3) is 1.87. The van der Waals surface area contributed by atoms with Gasteiger partial charge >= 0.3 is 5.69 Å². The molecule has 0 aliphatic rings. The van der Waals surface area contributed by atoms with E-state index in [2.05, 4.69) is 4.98 Å². The fourth-order valence-electron chi connectivity index (χ4n) is 1.18. The van der Waals surface area contributed by atoms with E-state index in [1.807, 2.05) is 30.3 Å². The third-order valence-electron chi connectivity index (χ3n) is 1.86. The summed E-state index contributed by atoms with van der Waals surface area (Å²) in [6.07, 6.45) is 0. The Morgan fingerprint density at radius 1 is 1.33 bits per heavy atom. The third-order valence-corrected chi connectivity index (χ3v) is 2.95. The van der Waals surface area contributed by atoms with Crippen LogP contribution in [-0.4, -0.2) is 14.8 Å². The van der Waals surface area contributed by atoms with Gasteiger partial charge in [-0.15, -0.1) is 0 Å². The summed E-state index contributed by atoms with van der Waals surface area (Å²) in [5.41, 5.74) is 0.339. The molecule has 0 saturated carbocycles. The van der Waals surface area contributed by atoms with E-state index < -0.39 is 5.69 Å². The van der Waals surface area contributed by atoms with Crippen LogP contribution in [0, 0.1) is 0 Å². The Balaban J connectivity index is 2.53. The minimum atomic E-state index is -0.508. The van der Waals surface area contributed by atoms with E-state index in [9.17, 15) is 9.59 Å². The normalized spacial score (nSPS) is 10.2. The molecule has 0 unspecified atom stereocenters. The van der Waals surface area contributed by atoms with Crippen LogP contribution in [0.25, 0.3) is 10.6 Å². The zero-order valence-electron chi connectivity index (χ0n) is 8.01. The molecule has 0 saturated heterocycles. The van der Waals surface area contributed by atoms with Crippen LogP contribution in [-0.2, 0) is 0 Å². The van der Waals surface area contributed by atoms with Crippen LogP contribution in [0.5, 0.6) is 0 Å². The maximum absolute atomic E-state index is 11.3. The number of nitrogens with zero attached hydrogens (tertiary/aromatic N) is 2. The van der Waals surface area contributed by atoms with Crippen molar-refractivity contribution in [2.45, 2.75) is 6.92 Å². The molecule has 1 aromatic heterocycles. The van der Waals surface area contributed by atoms with E-state index in [0.717, 1.165) is 21.1 Å². The van der Waals surface area contributed by atoms with Gasteiger partial charge < -0.3 is 0 Å². The van der Waals surface area contributed by atoms with Crippen molar-refractivity contribution >= 4 is 17.4 Å². The Kier molecular flexibility index (Phi) is 2.47. The van der Waals surface area contributed by atoms with Crippen LogP contribution >= 0.6 is 11.5 Å². The topological polar surface area (TPSA) is 52.0 Å². The lowest BCUT2D eigenvalue weighted by molar-refractivity contribution is 0.0944. The Hall–Kier alpha value is -1.75. The van der Waals surface area contributed by atoms with Gasteiger partial charge in [-0.05, 0) is 11.5 Å². The molecule has 1 aromatic carbocycles. The molecule has 2 aromatic rings. The fourth-order valence-corrected chi connectivity index (χ4v) is 1.96. The maximum Gasteiger partial charge on any atom is 0.365 e. The second-order valence-corrected chi connectivity index (χ2v) is 3.90. The van der Waals surface area contributed by atoms with Gasteiger partial charge in [-0.25, -0.2) is 4.79 Å². The van der Waals surface area contributed by atoms with E-state index in [1.54, 1.807) is 0 Å². The Labute approximate surface area is 90.0 Å². The van der Waals surface area contributed by atoms with E-state index in [0.29, 0.717) is 5.01 Å². The average molecular weight is 220 g/mol. The molecular formula is C10H8N2O2S. The standard InChI is InChI=1S/C10H8N2O2S/c1-7(13)12-10(14)11-9(15-12)8-5-3-2-4-6-8/h2-6H,1H3. The van der Waals surface area contributed by atoms with Crippen LogP contribution in [0.3, 0.4) is 0 Å². The molecule has 0 aliphatic heterocycles. The molecule has 0 amide bonds. The molecule has 4 nitrogen and oxygen atoms in total. The van der Waals surface area contributed by atoms with Crippen LogP contribution < -0.4 is 5.69 Å². The monoisotopic (exact) mass is 220 g/mol. The lowest BCUT2D eigenvalue weighted by atomic mass is 10.2. The second-order valence-electron chi connectivity index (χ2n) is 2.97. The van der Waals surface area contributed by atoms with Crippen molar-refractivity contribution in [1.82, 2.24) is 8.94 Å². The Morgan fingerprint density at radius 3 is 2.53 bits per heavy atom. The zero-order valence-corrected chi connectivity index (χ0v) is 8.82. The molecule has 2 rings (SSSR count). The molecule has 1 heterocycles. The molecule has 0 fully saturated rings. The van der Waals surface area contributed by atoms with Crippen molar-refractivity contribution in [3.05, 3.63) is 40.8 Å². The molecule has 15 heavy (non-hydrogen) atoms. The van der Waals surface area contributed by atoms with E-state index in [-0.39, 0.29) is 5.91 Å². The summed E-state index contributed by atoms with van der Waals surface area (Å²) in [6, 6.07) is 9.30. The van der Waals surface area contributed by atoms with Gasteiger partial charge in [0.2, 0.25) is 5.91 Å². The number of benzene rings is 1. The maximum atomic E-state index is 11.3. The SMILES string of the molecule is CC(=O)n1sc(-c2ccccc2)nc1=O. The van der Waals surface area contributed by atoms with Crippen molar-refractivity contribution in [3.63, 3.8) is 0 Å². The number of hydrogen-bond acceptors (Lipinski definition) is 4. The van der Waals surface area contributed by atoms with Crippen molar-refractivity contribution in [2.75, 3.05) is 0 Å². The van der Waals surface area contributed by atoms with Gasteiger partial charge in [-0.1, -0.05) is 30.3 Å². The van der Waals surface area contributed by atoms with Gasteiger partial charge in [0.05, 0.1) is 0 Å². The minimum Gasteiger partial charge on any atom is -0.273 e.